The van der Waals surface area contributed by atoms with Gasteiger partial charge in [-0.1, -0.05) is 24.3 Å². The van der Waals surface area contributed by atoms with Gasteiger partial charge < -0.3 is 14.6 Å². The summed E-state index contributed by atoms with van der Waals surface area (Å²) in [6.45, 7) is 0.744. The molecule has 0 radical (unpaired) electrons. The predicted molar refractivity (Wildman–Crippen MR) is 106 cm³/mol. The highest BCUT2D eigenvalue weighted by Crippen LogP contribution is 2.40. The molecule has 3 heterocycles. The predicted octanol–water partition coefficient (Wildman–Crippen LogP) is 4.63. The number of aromatic nitrogens is 1. The second kappa shape index (κ2) is 6.76. The molecule has 138 valence electrons. The lowest BCUT2D eigenvalue weighted by molar-refractivity contribution is 0.0470. The molecule has 0 saturated carbocycles. The Bertz CT molecular complexity index is 935. The van der Waals surface area contributed by atoms with Crippen LogP contribution in [0.25, 0.3) is 10.9 Å². The standard InChI is InChI=1S/C23H24N2O2/c26-23(18-7-6-17-10-11-24-22(17)14-18)25-19-8-9-20(25)13-16(12-19)15-27-21-4-2-1-3-5-21/h1-7,10-11,14,16,19-20,24H,8-9,12-13,15H2. The lowest BCUT2D eigenvalue weighted by Gasteiger charge is -2.39. The topological polar surface area (TPSA) is 45.3 Å². The number of hydrogen-bond acceptors (Lipinski definition) is 2. The van der Waals surface area contributed by atoms with Gasteiger partial charge in [0.25, 0.3) is 5.91 Å². The molecule has 2 unspecified atom stereocenters. The van der Waals surface area contributed by atoms with Gasteiger partial charge in [0, 0.05) is 29.4 Å². The van der Waals surface area contributed by atoms with Crippen molar-refractivity contribution >= 4 is 16.8 Å². The van der Waals surface area contributed by atoms with Crippen molar-refractivity contribution < 1.29 is 9.53 Å². The Morgan fingerprint density at radius 3 is 2.59 bits per heavy atom. The highest BCUT2D eigenvalue weighted by Gasteiger charge is 2.43. The van der Waals surface area contributed by atoms with Crippen LogP contribution in [0.2, 0.25) is 0 Å². The van der Waals surface area contributed by atoms with Crippen LogP contribution < -0.4 is 4.74 Å². The van der Waals surface area contributed by atoms with Crippen molar-refractivity contribution in [3.63, 3.8) is 0 Å². The van der Waals surface area contributed by atoms with Crippen LogP contribution in [-0.2, 0) is 0 Å². The molecule has 4 nitrogen and oxygen atoms in total. The van der Waals surface area contributed by atoms with Crippen LogP contribution in [-0.4, -0.2) is 34.5 Å². The molecule has 3 aromatic rings. The van der Waals surface area contributed by atoms with E-state index in [9.17, 15) is 4.79 Å². The zero-order valence-electron chi connectivity index (χ0n) is 15.3. The number of hydrogen-bond donors (Lipinski definition) is 1. The van der Waals surface area contributed by atoms with Crippen LogP contribution in [0.5, 0.6) is 5.75 Å². The molecule has 0 aliphatic carbocycles. The summed E-state index contributed by atoms with van der Waals surface area (Å²) >= 11 is 0. The van der Waals surface area contributed by atoms with Gasteiger partial charge >= 0.3 is 0 Å². The zero-order chi connectivity index (χ0) is 18.2. The van der Waals surface area contributed by atoms with Crippen molar-refractivity contribution in [1.29, 1.82) is 0 Å². The molecular weight excluding hydrogens is 336 g/mol. The lowest BCUT2D eigenvalue weighted by atomic mass is 9.90. The Kier molecular flexibility index (Phi) is 4.12. The smallest absolute Gasteiger partial charge is 0.254 e. The van der Waals surface area contributed by atoms with Gasteiger partial charge in [-0.25, -0.2) is 0 Å². The second-order valence-electron chi connectivity index (χ2n) is 7.84. The van der Waals surface area contributed by atoms with Crippen molar-refractivity contribution in [1.82, 2.24) is 9.88 Å². The number of amides is 1. The van der Waals surface area contributed by atoms with E-state index in [1.807, 2.05) is 60.8 Å². The first-order valence-corrected chi connectivity index (χ1v) is 9.85. The molecule has 1 N–H and O–H groups in total. The maximum Gasteiger partial charge on any atom is 0.254 e. The summed E-state index contributed by atoms with van der Waals surface area (Å²) in [5.74, 6) is 1.64. The molecule has 5 rings (SSSR count). The molecule has 4 heteroatoms. The lowest BCUT2D eigenvalue weighted by Crippen LogP contribution is -2.47. The average molecular weight is 360 g/mol. The van der Waals surface area contributed by atoms with Crippen LogP contribution in [0, 0.1) is 5.92 Å². The molecule has 2 bridgehead atoms. The molecule has 1 amide bonds. The molecule has 2 aliphatic rings. The molecule has 2 atom stereocenters. The van der Waals surface area contributed by atoms with E-state index in [2.05, 4.69) is 9.88 Å². The summed E-state index contributed by atoms with van der Waals surface area (Å²) in [7, 11) is 0. The van der Waals surface area contributed by atoms with Crippen molar-refractivity contribution in [2.45, 2.75) is 37.8 Å². The fourth-order valence-corrected chi connectivity index (χ4v) is 4.82. The van der Waals surface area contributed by atoms with Gasteiger partial charge in [-0.05, 0) is 67.3 Å². The third kappa shape index (κ3) is 3.09. The van der Waals surface area contributed by atoms with Gasteiger partial charge in [-0.15, -0.1) is 0 Å². The summed E-state index contributed by atoms with van der Waals surface area (Å²) in [4.78, 5) is 18.6. The Morgan fingerprint density at radius 2 is 1.81 bits per heavy atom. The quantitative estimate of drug-likeness (QED) is 0.737. The van der Waals surface area contributed by atoms with E-state index < -0.39 is 0 Å². The first kappa shape index (κ1) is 16.4. The number of fused-ring (bicyclic) bond motifs is 3. The Morgan fingerprint density at radius 1 is 1.04 bits per heavy atom. The number of piperidine rings is 1. The highest BCUT2D eigenvalue weighted by atomic mass is 16.5. The normalized spacial score (nSPS) is 24.3. The highest BCUT2D eigenvalue weighted by molar-refractivity contribution is 5.98. The molecule has 2 aliphatic heterocycles. The van der Waals surface area contributed by atoms with Crippen molar-refractivity contribution in [3.8, 4) is 5.75 Å². The summed E-state index contributed by atoms with van der Waals surface area (Å²) in [5.41, 5.74) is 1.82. The fourth-order valence-electron chi connectivity index (χ4n) is 4.82. The number of ether oxygens (including phenoxy) is 1. The van der Waals surface area contributed by atoms with E-state index in [1.54, 1.807) is 0 Å². The number of H-pyrrole nitrogens is 1. The maximum absolute atomic E-state index is 13.2. The largest absolute Gasteiger partial charge is 0.493 e. The number of carbonyl (C=O) groups excluding carboxylic acids is 1. The molecule has 27 heavy (non-hydrogen) atoms. The number of nitrogens with one attached hydrogen (secondary N) is 1. The number of aromatic amines is 1. The van der Waals surface area contributed by atoms with Gasteiger partial charge in [0.15, 0.2) is 0 Å². The Labute approximate surface area is 159 Å². The Hall–Kier alpha value is -2.75. The summed E-state index contributed by atoms with van der Waals surface area (Å²) in [6.07, 6.45) is 6.23. The fraction of sp³-hybridized carbons (Fsp3) is 0.348. The van der Waals surface area contributed by atoms with Gasteiger partial charge in [-0.3, -0.25) is 4.79 Å². The van der Waals surface area contributed by atoms with Crippen LogP contribution in [0.4, 0.5) is 0 Å². The molecule has 1 aromatic heterocycles. The number of para-hydroxylation sites is 1. The first-order chi connectivity index (χ1) is 13.3. The van der Waals surface area contributed by atoms with Crippen molar-refractivity contribution in [2.24, 2.45) is 5.92 Å². The van der Waals surface area contributed by atoms with Crippen molar-refractivity contribution in [2.75, 3.05) is 6.61 Å². The first-order valence-electron chi connectivity index (χ1n) is 9.85. The number of benzene rings is 2. The molecule has 2 fully saturated rings. The van der Waals surface area contributed by atoms with E-state index in [0.717, 1.165) is 54.5 Å². The monoisotopic (exact) mass is 360 g/mol. The molecule has 2 saturated heterocycles. The van der Waals surface area contributed by atoms with Gasteiger partial charge in [0.1, 0.15) is 5.75 Å². The molecular formula is C23H24N2O2. The number of rotatable bonds is 4. The molecule has 2 aromatic carbocycles. The third-order valence-corrected chi connectivity index (χ3v) is 6.10. The zero-order valence-corrected chi connectivity index (χ0v) is 15.3. The van der Waals surface area contributed by atoms with Gasteiger partial charge in [0.2, 0.25) is 0 Å². The van der Waals surface area contributed by atoms with Crippen LogP contribution in [0.3, 0.4) is 0 Å². The van der Waals surface area contributed by atoms with Crippen LogP contribution in [0.1, 0.15) is 36.0 Å². The van der Waals surface area contributed by atoms with Gasteiger partial charge in [0.05, 0.1) is 6.61 Å². The third-order valence-electron chi connectivity index (χ3n) is 6.10. The van der Waals surface area contributed by atoms with Crippen LogP contribution >= 0.6 is 0 Å². The number of carbonyl (C=O) groups is 1. The summed E-state index contributed by atoms with van der Waals surface area (Å²) in [6, 6.07) is 18.7. The van der Waals surface area contributed by atoms with Gasteiger partial charge in [-0.2, -0.15) is 0 Å². The summed E-state index contributed by atoms with van der Waals surface area (Å²) < 4.78 is 5.98. The van der Waals surface area contributed by atoms with E-state index in [4.69, 9.17) is 4.74 Å². The molecule has 0 spiro atoms. The minimum absolute atomic E-state index is 0.182. The van der Waals surface area contributed by atoms with Crippen LogP contribution in [0.15, 0.2) is 60.8 Å². The Balaban J connectivity index is 1.28. The maximum atomic E-state index is 13.2. The van der Waals surface area contributed by atoms with E-state index >= 15 is 0 Å². The summed E-state index contributed by atoms with van der Waals surface area (Å²) in [5, 5.41) is 1.14. The minimum atomic E-state index is 0.182. The van der Waals surface area contributed by atoms with E-state index in [-0.39, 0.29) is 5.91 Å². The number of nitrogens with zero attached hydrogens (tertiary/aromatic N) is 1. The van der Waals surface area contributed by atoms with Crippen molar-refractivity contribution in [3.05, 3.63) is 66.4 Å². The van der Waals surface area contributed by atoms with E-state index in [0.29, 0.717) is 18.0 Å². The second-order valence-corrected chi connectivity index (χ2v) is 7.84. The van der Waals surface area contributed by atoms with E-state index in [1.165, 1.54) is 0 Å². The SMILES string of the molecule is O=C(c1ccc2cc[nH]c2c1)N1C2CCC1CC(COc1ccccc1)C2. The minimum Gasteiger partial charge on any atom is -0.493 e. The average Bonchev–Trinajstić information content (AvgIpc) is 3.28.